The number of hydrogen-bond acceptors (Lipinski definition) is 6. The molecule has 3 aromatic rings. The smallest absolute Gasteiger partial charge is 0.291 e. The maximum atomic E-state index is 13.6. The van der Waals surface area contributed by atoms with E-state index < -0.39 is 0 Å². The van der Waals surface area contributed by atoms with Crippen molar-refractivity contribution in [2.24, 2.45) is 0 Å². The Hall–Kier alpha value is -3.36. The third-order valence-corrected chi connectivity index (χ3v) is 7.23. The van der Waals surface area contributed by atoms with E-state index in [2.05, 4.69) is 17.3 Å². The highest BCUT2D eigenvalue weighted by Crippen LogP contribution is 2.33. The number of ether oxygens (including phenoxy) is 2. The van der Waals surface area contributed by atoms with Crippen LogP contribution in [0.1, 0.15) is 48.7 Å². The first-order valence-corrected chi connectivity index (χ1v) is 13.5. The lowest BCUT2D eigenvalue weighted by atomic mass is 10.0. The van der Waals surface area contributed by atoms with Crippen molar-refractivity contribution in [3.8, 4) is 5.75 Å². The molecule has 0 unspecified atom stereocenters. The summed E-state index contributed by atoms with van der Waals surface area (Å²) in [5, 5.41) is 3.72. The van der Waals surface area contributed by atoms with Crippen molar-refractivity contribution in [3.05, 3.63) is 59.9 Å². The number of hydrogen-bond donors (Lipinski definition) is 1. The van der Waals surface area contributed by atoms with Crippen LogP contribution in [0, 0.1) is 0 Å². The molecule has 1 aliphatic rings. The van der Waals surface area contributed by atoms with Crippen molar-refractivity contribution in [1.82, 2.24) is 9.80 Å². The first kappa shape index (κ1) is 27.7. The Morgan fingerprint density at radius 3 is 2.55 bits per heavy atom. The molecule has 2 heterocycles. The molecule has 8 nitrogen and oxygen atoms in total. The number of furan rings is 1. The second kappa shape index (κ2) is 13.4. The van der Waals surface area contributed by atoms with Crippen molar-refractivity contribution in [2.45, 2.75) is 45.1 Å². The number of fused-ring (bicyclic) bond motifs is 1. The molecular formula is C30H39N3O5. The maximum absolute atomic E-state index is 13.6. The second-order valence-corrected chi connectivity index (χ2v) is 9.75. The van der Waals surface area contributed by atoms with Gasteiger partial charge in [-0.3, -0.25) is 9.59 Å². The molecule has 0 saturated carbocycles. The Morgan fingerprint density at radius 2 is 1.84 bits per heavy atom. The molecule has 0 atom stereocenters. The zero-order valence-corrected chi connectivity index (χ0v) is 22.7. The molecule has 2 aromatic carbocycles. The van der Waals surface area contributed by atoms with E-state index in [1.54, 1.807) is 7.11 Å². The monoisotopic (exact) mass is 521 g/mol. The Kier molecular flexibility index (Phi) is 9.79. The number of nitrogens with one attached hydrogen (secondary N) is 1. The largest absolute Gasteiger partial charge is 0.497 e. The van der Waals surface area contributed by atoms with Crippen molar-refractivity contribution < 1.29 is 23.5 Å². The van der Waals surface area contributed by atoms with Crippen LogP contribution >= 0.6 is 0 Å². The third-order valence-electron chi connectivity index (χ3n) is 7.23. The highest BCUT2D eigenvalue weighted by molar-refractivity contribution is 6.10. The van der Waals surface area contributed by atoms with Crippen molar-refractivity contribution in [2.75, 3.05) is 52.3 Å². The first-order valence-electron chi connectivity index (χ1n) is 13.5. The van der Waals surface area contributed by atoms with E-state index in [1.165, 1.54) is 0 Å². The molecule has 38 heavy (non-hydrogen) atoms. The number of anilines is 1. The summed E-state index contributed by atoms with van der Waals surface area (Å²) in [5.74, 6) is 0.647. The summed E-state index contributed by atoms with van der Waals surface area (Å²) in [6, 6.07) is 15.6. The van der Waals surface area contributed by atoms with E-state index in [1.807, 2.05) is 60.4 Å². The molecule has 1 aromatic heterocycles. The fourth-order valence-electron chi connectivity index (χ4n) is 4.97. The van der Waals surface area contributed by atoms with Crippen molar-refractivity contribution in [3.63, 3.8) is 0 Å². The summed E-state index contributed by atoms with van der Waals surface area (Å²) in [6.07, 6.45) is 3.69. The lowest BCUT2D eigenvalue weighted by Crippen LogP contribution is -2.46. The third kappa shape index (κ3) is 6.94. The summed E-state index contributed by atoms with van der Waals surface area (Å²) in [6.45, 7) is 5.82. The van der Waals surface area contributed by atoms with Gasteiger partial charge in [0.1, 0.15) is 17.0 Å². The summed E-state index contributed by atoms with van der Waals surface area (Å²) < 4.78 is 16.7. The average molecular weight is 522 g/mol. The second-order valence-electron chi connectivity index (χ2n) is 9.75. The number of amides is 2. The predicted molar refractivity (Wildman–Crippen MR) is 149 cm³/mol. The maximum Gasteiger partial charge on any atom is 0.291 e. The predicted octanol–water partition coefficient (Wildman–Crippen LogP) is 4.98. The average Bonchev–Trinajstić information content (AvgIpc) is 3.32. The minimum atomic E-state index is -0.177. The molecule has 1 aliphatic heterocycles. The lowest BCUT2D eigenvalue weighted by molar-refractivity contribution is -0.116. The molecule has 0 aliphatic carbocycles. The zero-order valence-electron chi connectivity index (χ0n) is 22.7. The van der Waals surface area contributed by atoms with Gasteiger partial charge in [-0.05, 0) is 69.5 Å². The number of piperidine rings is 1. The van der Waals surface area contributed by atoms with Crippen LogP contribution < -0.4 is 10.1 Å². The number of para-hydroxylation sites is 1. The number of carbonyl (C=O) groups excluding carboxylic acids is 2. The molecule has 0 spiro atoms. The van der Waals surface area contributed by atoms with Gasteiger partial charge in [0.25, 0.3) is 5.91 Å². The van der Waals surface area contributed by atoms with Crippen LogP contribution in [0.4, 0.5) is 5.69 Å². The number of benzene rings is 2. The lowest BCUT2D eigenvalue weighted by Gasteiger charge is -2.36. The Balaban J connectivity index is 1.39. The van der Waals surface area contributed by atoms with Crippen LogP contribution in [0.5, 0.6) is 5.75 Å². The van der Waals surface area contributed by atoms with Gasteiger partial charge in [-0.1, -0.05) is 24.3 Å². The van der Waals surface area contributed by atoms with Crippen molar-refractivity contribution >= 4 is 28.5 Å². The molecule has 8 heteroatoms. The Morgan fingerprint density at radius 1 is 1.11 bits per heavy atom. The number of methoxy groups -OCH3 is 1. The van der Waals surface area contributed by atoms with Gasteiger partial charge >= 0.3 is 0 Å². The molecular weight excluding hydrogens is 482 g/mol. The molecule has 1 fully saturated rings. The van der Waals surface area contributed by atoms with Crippen LogP contribution in [0.15, 0.2) is 52.9 Å². The van der Waals surface area contributed by atoms with Crippen LogP contribution in [0.3, 0.4) is 0 Å². The standard InChI is InChI=1S/C30H39N3O5/c1-4-37-21-7-18-32(2)23-16-19-33(20-17-23)30(35)29-28(25-8-5-6-9-26(25)38-29)31-27(34)15-12-22-10-13-24(36-3)14-11-22/h5-6,8-11,13-14,23H,4,7,12,15-21H2,1-3H3,(H,31,34). The zero-order chi connectivity index (χ0) is 26.9. The quantitative estimate of drug-likeness (QED) is 0.339. The topological polar surface area (TPSA) is 84.3 Å². The van der Waals surface area contributed by atoms with Gasteiger partial charge in [-0.15, -0.1) is 0 Å². The molecule has 1 saturated heterocycles. The summed E-state index contributed by atoms with van der Waals surface area (Å²) in [7, 11) is 3.77. The fraction of sp³-hybridized carbons (Fsp3) is 0.467. The number of aryl methyl sites for hydroxylation is 1. The highest BCUT2D eigenvalue weighted by Gasteiger charge is 2.30. The van der Waals surface area contributed by atoms with E-state index >= 15 is 0 Å². The number of likely N-dealkylation sites (tertiary alicyclic amines) is 1. The number of carbonyl (C=O) groups is 2. The van der Waals surface area contributed by atoms with Crippen LogP contribution in [0.2, 0.25) is 0 Å². The highest BCUT2D eigenvalue weighted by atomic mass is 16.5. The van der Waals surface area contributed by atoms with Gasteiger partial charge in [0.2, 0.25) is 11.7 Å². The Bertz CT molecular complexity index is 1200. The molecule has 0 bridgehead atoms. The molecule has 0 radical (unpaired) electrons. The minimum Gasteiger partial charge on any atom is -0.497 e. The van der Waals surface area contributed by atoms with Gasteiger partial charge in [-0.2, -0.15) is 0 Å². The summed E-state index contributed by atoms with van der Waals surface area (Å²) in [5.41, 5.74) is 2.09. The summed E-state index contributed by atoms with van der Waals surface area (Å²) in [4.78, 5) is 30.7. The van der Waals surface area contributed by atoms with Gasteiger partial charge < -0.3 is 29.0 Å². The van der Waals surface area contributed by atoms with Crippen LogP contribution in [-0.4, -0.2) is 74.7 Å². The normalized spacial score (nSPS) is 14.3. The molecule has 204 valence electrons. The van der Waals surface area contributed by atoms with Crippen molar-refractivity contribution in [1.29, 1.82) is 0 Å². The molecule has 1 N–H and O–H groups in total. The van der Waals surface area contributed by atoms with Crippen LogP contribution in [0.25, 0.3) is 11.0 Å². The molecule has 2 amide bonds. The van der Waals surface area contributed by atoms with E-state index in [4.69, 9.17) is 13.9 Å². The van der Waals surface area contributed by atoms with E-state index in [0.717, 1.165) is 55.7 Å². The summed E-state index contributed by atoms with van der Waals surface area (Å²) >= 11 is 0. The van der Waals surface area contributed by atoms with Gasteiger partial charge in [0.15, 0.2) is 0 Å². The fourth-order valence-corrected chi connectivity index (χ4v) is 4.97. The van der Waals surface area contributed by atoms with E-state index in [0.29, 0.717) is 43.2 Å². The molecule has 4 rings (SSSR count). The minimum absolute atomic E-state index is 0.159. The van der Waals surface area contributed by atoms with Gasteiger partial charge in [0.05, 0.1) is 7.11 Å². The van der Waals surface area contributed by atoms with E-state index in [-0.39, 0.29) is 17.6 Å². The van der Waals surface area contributed by atoms with Crippen LogP contribution in [-0.2, 0) is 16.0 Å². The first-order chi connectivity index (χ1) is 18.5. The van der Waals surface area contributed by atoms with Gasteiger partial charge in [-0.25, -0.2) is 0 Å². The Labute approximate surface area is 224 Å². The van der Waals surface area contributed by atoms with Gasteiger partial charge in [0, 0.05) is 50.7 Å². The SMILES string of the molecule is CCOCCCN(C)C1CCN(C(=O)c2oc3ccccc3c2NC(=O)CCc2ccc(OC)cc2)CC1. The number of rotatable bonds is 12. The number of nitrogens with zero attached hydrogens (tertiary/aromatic N) is 2. The van der Waals surface area contributed by atoms with E-state index in [9.17, 15) is 9.59 Å².